The quantitative estimate of drug-likeness (QED) is 0.0760. The second kappa shape index (κ2) is 17.7. The monoisotopic (exact) mass is 712 g/mol. The van der Waals surface area contributed by atoms with Crippen LogP contribution in [0.25, 0.3) is 33.5 Å². The molecule has 0 N–H and O–H groups in total. The summed E-state index contributed by atoms with van der Waals surface area (Å²) in [7, 11) is 0. The molecule has 1 heterocycles. The van der Waals surface area contributed by atoms with E-state index in [1.54, 1.807) is 0 Å². The van der Waals surface area contributed by atoms with E-state index >= 15 is 0 Å². The van der Waals surface area contributed by atoms with Gasteiger partial charge in [0, 0.05) is 15.6 Å². The van der Waals surface area contributed by atoms with Crippen LogP contribution in [0.3, 0.4) is 0 Å². The first-order valence-corrected chi connectivity index (χ1v) is 17.4. The highest BCUT2D eigenvalue weighted by Crippen LogP contribution is 2.37. The van der Waals surface area contributed by atoms with Gasteiger partial charge in [0.05, 0.1) is 29.1 Å². The zero-order chi connectivity index (χ0) is 30.4. The average molecular weight is 715 g/mol. The minimum atomic E-state index is -0.391. The van der Waals surface area contributed by atoms with Crippen molar-refractivity contribution in [2.45, 2.75) is 90.9 Å². The summed E-state index contributed by atoms with van der Waals surface area (Å²) in [6, 6.07) is 17.3. The van der Waals surface area contributed by atoms with Gasteiger partial charge in [0.15, 0.2) is 0 Å². The summed E-state index contributed by atoms with van der Waals surface area (Å²) >= 11 is 6.88. The van der Waals surface area contributed by atoms with Crippen molar-refractivity contribution in [2.24, 2.45) is 0 Å². The van der Waals surface area contributed by atoms with Crippen molar-refractivity contribution >= 4 is 42.9 Å². The number of unbranched alkanes of at least 4 members (excludes halogenated alkanes) is 10. The molecule has 0 aliphatic rings. The van der Waals surface area contributed by atoms with E-state index in [1.807, 2.05) is 48.5 Å². The molecular weight excluding hydrogens is 671 g/mol. The lowest BCUT2D eigenvalue weighted by molar-refractivity contribution is 0.304. The number of benzene rings is 3. The Labute approximate surface area is 273 Å². The van der Waals surface area contributed by atoms with Crippen LogP contribution in [0.15, 0.2) is 63.5 Å². The number of rotatable bonds is 18. The first-order chi connectivity index (χ1) is 21.0. The molecule has 1 aromatic heterocycles. The molecule has 0 unspecified atom stereocenters. The van der Waals surface area contributed by atoms with Crippen LogP contribution in [0, 0.1) is 5.82 Å². The summed E-state index contributed by atoms with van der Waals surface area (Å²) in [5, 5.41) is 0. The van der Waals surface area contributed by atoms with Gasteiger partial charge in [-0.2, -0.15) is 0 Å². The van der Waals surface area contributed by atoms with Gasteiger partial charge < -0.3 is 9.47 Å². The van der Waals surface area contributed by atoms with Crippen LogP contribution in [0.4, 0.5) is 4.39 Å². The Hall–Kier alpha value is -2.51. The lowest BCUT2D eigenvalue weighted by Gasteiger charge is -2.14. The number of aromatic nitrogens is 2. The van der Waals surface area contributed by atoms with Gasteiger partial charge >= 0.3 is 0 Å². The molecule has 0 radical (unpaired) electrons. The van der Waals surface area contributed by atoms with E-state index in [9.17, 15) is 4.39 Å². The summed E-state index contributed by atoms with van der Waals surface area (Å²) in [6.07, 6.45) is 14.8. The van der Waals surface area contributed by atoms with Crippen molar-refractivity contribution in [1.29, 1.82) is 0 Å². The van der Waals surface area contributed by atoms with Gasteiger partial charge in [-0.3, -0.25) is 0 Å². The highest BCUT2D eigenvalue weighted by Gasteiger charge is 2.19. The van der Waals surface area contributed by atoms with Crippen LogP contribution in [0.5, 0.6) is 11.5 Å². The molecule has 0 fully saturated rings. The number of hydrogen-bond donors (Lipinski definition) is 0. The molecule has 0 amide bonds. The normalized spacial score (nSPS) is 11.3. The molecule has 4 aromatic rings. The Morgan fingerprint density at radius 1 is 0.581 bits per heavy atom. The first kappa shape index (κ1) is 33.4. The molecule has 0 saturated heterocycles. The highest BCUT2D eigenvalue weighted by molar-refractivity contribution is 9.11. The predicted molar refractivity (Wildman–Crippen MR) is 184 cm³/mol. The smallest absolute Gasteiger partial charge is 0.140 e. The fourth-order valence-corrected chi connectivity index (χ4v) is 5.94. The van der Waals surface area contributed by atoms with Gasteiger partial charge in [0.25, 0.3) is 0 Å². The Morgan fingerprint density at radius 2 is 1.00 bits per heavy atom. The molecule has 0 aliphatic heterocycles. The molecule has 0 aliphatic carbocycles. The van der Waals surface area contributed by atoms with Gasteiger partial charge in [0.2, 0.25) is 0 Å². The number of ether oxygens (including phenoxy) is 2. The summed E-state index contributed by atoms with van der Waals surface area (Å²) < 4.78 is 27.5. The van der Waals surface area contributed by atoms with E-state index in [0.717, 1.165) is 41.2 Å². The molecule has 3 aromatic carbocycles. The zero-order valence-electron chi connectivity index (χ0n) is 25.4. The first-order valence-electron chi connectivity index (χ1n) is 15.8. The van der Waals surface area contributed by atoms with Crippen molar-refractivity contribution in [3.63, 3.8) is 0 Å². The highest BCUT2D eigenvalue weighted by atomic mass is 79.9. The molecule has 230 valence electrons. The number of fused-ring (bicyclic) bond motifs is 1. The summed E-state index contributed by atoms with van der Waals surface area (Å²) in [5.74, 6) is 1.28. The second-order valence-corrected chi connectivity index (χ2v) is 12.7. The Bertz CT molecular complexity index is 1430. The third kappa shape index (κ3) is 9.74. The molecule has 0 atom stereocenters. The van der Waals surface area contributed by atoms with Crippen LogP contribution in [0.1, 0.15) is 90.9 Å². The van der Waals surface area contributed by atoms with E-state index in [2.05, 4.69) is 45.7 Å². The molecule has 7 heteroatoms. The molecular formula is C36H43Br2FN2O2. The van der Waals surface area contributed by atoms with Crippen molar-refractivity contribution in [3.8, 4) is 34.0 Å². The van der Waals surface area contributed by atoms with Crippen LogP contribution in [-0.4, -0.2) is 23.2 Å². The maximum absolute atomic E-state index is 14.6. The molecule has 43 heavy (non-hydrogen) atoms. The van der Waals surface area contributed by atoms with Gasteiger partial charge in [-0.1, -0.05) is 78.1 Å². The van der Waals surface area contributed by atoms with E-state index < -0.39 is 5.82 Å². The maximum Gasteiger partial charge on any atom is 0.140 e. The van der Waals surface area contributed by atoms with Gasteiger partial charge in [-0.15, -0.1) is 0 Å². The summed E-state index contributed by atoms with van der Waals surface area (Å²) in [6.45, 7) is 5.89. The van der Waals surface area contributed by atoms with Gasteiger partial charge in [-0.25, -0.2) is 14.4 Å². The van der Waals surface area contributed by atoms with E-state index in [1.165, 1.54) is 70.3 Å². The number of nitrogens with zero attached hydrogens (tertiary/aromatic N) is 2. The van der Waals surface area contributed by atoms with Crippen molar-refractivity contribution in [2.75, 3.05) is 13.2 Å². The SMILES string of the molecule is CCCCCCCCOc1ccc(-c2nc3c(Br)cc(F)c(Br)c3nc2-c2ccc(OCCCCCCCC)cc2)cc1. The van der Waals surface area contributed by atoms with Crippen molar-refractivity contribution in [1.82, 2.24) is 9.97 Å². The largest absolute Gasteiger partial charge is 0.494 e. The predicted octanol–water partition coefficient (Wildman–Crippen LogP) is 12.1. The summed E-state index contributed by atoms with van der Waals surface area (Å²) in [5.41, 5.74) is 4.24. The zero-order valence-corrected chi connectivity index (χ0v) is 28.6. The second-order valence-electron chi connectivity index (χ2n) is 11.1. The number of hydrogen-bond acceptors (Lipinski definition) is 4. The van der Waals surface area contributed by atoms with Crippen molar-refractivity contribution < 1.29 is 13.9 Å². The lowest BCUT2D eigenvalue weighted by Crippen LogP contribution is -2.00. The maximum atomic E-state index is 14.6. The molecule has 0 bridgehead atoms. The molecule has 4 rings (SSSR count). The van der Waals surface area contributed by atoms with Gasteiger partial charge in [0.1, 0.15) is 28.3 Å². The van der Waals surface area contributed by atoms with E-state index in [4.69, 9.17) is 19.4 Å². The van der Waals surface area contributed by atoms with Crippen LogP contribution in [0.2, 0.25) is 0 Å². The average Bonchev–Trinajstić information content (AvgIpc) is 3.03. The molecule has 4 nitrogen and oxygen atoms in total. The topological polar surface area (TPSA) is 44.2 Å². The molecule has 0 spiro atoms. The standard InChI is InChI=1S/C36H43Br2FN2O2/c1-3-5-7-9-11-13-23-42-28-19-15-26(16-20-28)33-34(41-36-32(38)31(39)25-30(37)35(36)40-33)27-17-21-29(22-18-27)43-24-14-12-10-8-6-4-2/h15-22,25H,3-14,23-24H2,1-2H3. The van der Waals surface area contributed by atoms with E-state index in [0.29, 0.717) is 38.9 Å². The fourth-order valence-electron chi connectivity index (χ4n) is 5.08. The third-order valence-corrected chi connectivity index (χ3v) is 8.94. The minimum absolute atomic E-state index is 0.295. The van der Waals surface area contributed by atoms with Gasteiger partial charge in [-0.05, 0) is 99.3 Å². The Morgan fingerprint density at radius 3 is 1.47 bits per heavy atom. The van der Waals surface area contributed by atoms with Crippen LogP contribution < -0.4 is 9.47 Å². The number of halogens is 3. The fraction of sp³-hybridized carbons (Fsp3) is 0.444. The van der Waals surface area contributed by atoms with Crippen LogP contribution >= 0.6 is 31.9 Å². The summed E-state index contributed by atoms with van der Waals surface area (Å²) in [4.78, 5) is 9.95. The van der Waals surface area contributed by atoms with Crippen molar-refractivity contribution in [3.05, 3.63) is 69.4 Å². The Balaban J connectivity index is 1.52. The van der Waals surface area contributed by atoms with Crippen LogP contribution in [-0.2, 0) is 0 Å². The lowest BCUT2D eigenvalue weighted by atomic mass is 10.0. The minimum Gasteiger partial charge on any atom is -0.494 e. The molecule has 0 saturated carbocycles. The van der Waals surface area contributed by atoms with E-state index in [-0.39, 0.29) is 0 Å². The third-order valence-electron chi connectivity index (χ3n) is 7.58. The Kier molecular flexibility index (Phi) is 13.7.